The lowest BCUT2D eigenvalue weighted by Gasteiger charge is -2.20. The first-order valence-electron chi connectivity index (χ1n) is 5.09. The van der Waals surface area contributed by atoms with Gasteiger partial charge in [0, 0.05) is 18.5 Å². The minimum Gasteiger partial charge on any atom is -0.381 e. The maximum absolute atomic E-state index is 5.89. The SMILES string of the molecule is CC(Cl)CCN(C)CC1CCOC1. The first-order chi connectivity index (χ1) is 6.18. The Morgan fingerprint density at radius 2 is 2.38 bits per heavy atom. The standard InChI is InChI=1S/C10H20ClNO/c1-9(11)3-5-12(2)7-10-4-6-13-8-10/h9-10H,3-8H2,1-2H3. The van der Waals surface area contributed by atoms with Crippen LogP contribution in [-0.4, -0.2) is 43.6 Å². The van der Waals surface area contributed by atoms with Crippen LogP contribution in [0.15, 0.2) is 0 Å². The third kappa shape index (κ3) is 4.84. The Balaban J connectivity index is 2.05. The highest BCUT2D eigenvalue weighted by molar-refractivity contribution is 6.20. The van der Waals surface area contributed by atoms with E-state index in [4.69, 9.17) is 16.3 Å². The maximum atomic E-state index is 5.89. The quantitative estimate of drug-likeness (QED) is 0.637. The molecule has 0 bridgehead atoms. The van der Waals surface area contributed by atoms with Gasteiger partial charge in [-0.15, -0.1) is 11.6 Å². The molecule has 1 saturated heterocycles. The predicted octanol–water partition coefficient (Wildman–Crippen LogP) is 1.97. The van der Waals surface area contributed by atoms with Crippen LogP contribution in [0.2, 0.25) is 0 Å². The van der Waals surface area contributed by atoms with Crippen LogP contribution in [0.5, 0.6) is 0 Å². The number of hydrogen-bond acceptors (Lipinski definition) is 2. The van der Waals surface area contributed by atoms with Crippen LogP contribution in [-0.2, 0) is 4.74 Å². The molecule has 0 saturated carbocycles. The van der Waals surface area contributed by atoms with Crippen molar-refractivity contribution in [1.82, 2.24) is 4.90 Å². The van der Waals surface area contributed by atoms with E-state index in [-0.39, 0.29) is 0 Å². The van der Waals surface area contributed by atoms with Gasteiger partial charge in [-0.25, -0.2) is 0 Å². The summed E-state index contributed by atoms with van der Waals surface area (Å²) in [7, 11) is 2.16. The summed E-state index contributed by atoms with van der Waals surface area (Å²) in [5, 5.41) is 0.294. The van der Waals surface area contributed by atoms with E-state index in [9.17, 15) is 0 Å². The minimum absolute atomic E-state index is 0.294. The number of halogens is 1. The fourth-order valence-electron chi connectivity index (χ4n) is 1.66. The highest BCUT2D eigenvalue weighted by Crippen LogP contribution is 2.13. The zero-order valence-electron chi connectivity index (χ0n) is 8.63. The Morgan fingerprint density at radius 3 is 2.92 bits per heavy atom. The summed E-state index contributed by atoms with van der Waals surface area (Å²) in [4.78, 5) is 2.36. The molecular formula is C10H20ClNO. The zero-order chi connectivity index (χ0) is 9.68. The molecule has 2 atom stereocenters. The van der Waals surface area contributed by atoms with E-state index in [0.29, 0.717) is 5.38 Å². The van der Waals surface area contributed by atoms with Crippen LogP contribution in [0.1, 0.15) is 19.8 Å². The van der Waals surface area contributed by atoms with Crippen LogP contribution in [0.4, 0.5) is 0 Å². The van der Waals surface area contributed by atoms with Gasteiger partial charge in [0.05, 0.1) is 6.61 Å². The second kappa shape index (κ2) is 5.84. The first kappa shape index (κ1) is 11.3. The van der Waals surface area contributed by atoms with Gasteiger partial charge in [0.25, 0.3) is 0 Å². The summed E-state index contributed by atoms with van der Waals surface area (Å²) in [5.41, 5.74) is 0. The van der Waals surface area contributed by atoms with Gasteiger partial charge in [-0.2, -0.15) is 0 Å². The molecule has 0 aromatic heterocycles. The average Bonchev–Trinajstić information content (AvgIpc) is 2.53. The van der Waals surface area contributed by atoms with Crippen molar-refractivity contribution in [2.75, 3.05) is 33.4 Å². The summed E-state index contributed by atoms with van der Waals surface area (Å²) in [6.07, 6.45) is 2.30. The Bertz CT molecular complexity index is 135. The lowest BCUT2D eigenvalue weighted by molar-refractivity contribution is 0.173. The van der Waals surface area contributed by atoms with Gasteiger partial charge in [0.1, 0.15) is 0 Å². The zero-order valence-corrected chi connectivity index (χ0v) is 9.39. The van der Waals surface area contributed by atoms with Crippen molar-refractivity contribution < 1.29 is 4.74 Å². The van der Waals surface area contributed by atoms with Crippen molar-refractivity contribution >= 4 is 11.6 Å². The molecule has 78 valence electrons. The van der Waals surface area contributed by atoms with Gasteiger partial charge in [-0.05, 0) is 39.3 Å². The number of nitrogens with zero attached hydrogens (tertiary/aromatic N) is 1. The van der Waals surface area contributed by atoms with Crippen molar-refractivity contribution in [2.45, 2.75) is 25.1 Å². The molecule has 0 aromatic carbocycles. The van der Waals surface area contributed by atoms with Crippen molar-refractivity contribution in [1.29, 1.82) is 0 Å². The molecule has 0 spiro atoms. The Morgan fingerprint density at radius 1 is 1.62 bits per heavy atom. The normalized spacial score (nSPS) is 25.4. The number of hydrogen-bond donors (Lipinski definition) is 0. The Hall–Kier alpha value is 0.210. The second-order valence-corrected chi connectivity index (χ2v) is 4.81. The topological polar surface area (TPSA) is 12.5 Å². The maximum Gasteiger partial charge on any atom is 0.0507 e. The smallest absolute Gasteiger partial charge is 0.0507 e. The Kier molecular flexibility index (Phi) is 5.07. The van der Waals surface area contributed by atoms with Crippen LogP contribution in [0.25, 0.3) is 0 Å². The van der Waals surface area contributed by atoms with Crippen LogP contribution in [0.3, 0.4) is 0 Å². The van der Waals surface area contributed by atoms with E-state index < -0.39 is 0 Å². The van der Waals surface area contributed by atoms with E-state index in [0.717, 1.165) is 38.6 Å². The van der Waals surface area contributed by atoms with Crippen molar-refractivity contribution in [2.24, 2.45) is 5.92 Å². The largest absolute Gasteiger partial charge is 0.381 e. The molecule has 3 heteroatoms. The lowest BCUT2D eigenvalue weighted by Crippen LogP contribution is -2.27. The van der Waals surface area contributed by atoms with Gasteiger partial charge in [-0.3, -0.25) is 0 Å². The van der Waals surface area contributed by atoms with Gasteiger partial charge < -0.3 is 9.64 Å². The average molecular weight is 206 g/mol. The van der Waals surface area contributed by atoms with Crippen molar-refractivity contribution in [3.63, 3.8) is 0 Å². The van der Waals surface area contributed by atoms with E-state index in [1.165, 1.54) is 6.42 Å². The molecule has 0 N–H and O–H groups in total. The fourth-order valence-corrected chi connectivity index (χ4v) is 1.76. The van der Waals surface area contributed by atoms with Crippen molar-refractivity contribution in [3.05, 3.63) is 0 Å². The summed E-state index contributed by atoms with van der Waals surface area (Å²) in [6, 6.07) is 0. The van der Waals surface area contributed by atoms with Crippen LogP contribution >= 0.6 is 11.6 Å². The van der Waals surface area contributed by atoms with Crippen molar-refractivity contribution in [3.8, 4) is 0 Å². The van der Waals surface area contributed by atoms with Gasteiger partial charge in [0.2, 0.25) is 0 Å². The molecule has 1 fully saturated rings. The summed E-state index contributed by atoms with van der Waals surface area (Å²) in [6.45, 7) is 6.20. The van der Waals surface area contributed by atoms with Gasteiger partial charge in [0.15, 0.2) is 0 Å². The first-order valence-corrected chi connectivity index (χ1v) is 5.52. The molecule has 0 radical (unpaired) electrons. The van der Waals surface area contributed by atoms with Crippen LogP contribution < -0.4 is 0 Å². The highest BCUT2D eigenvalue weighted by atomic mass is 35.5. The van der Waals surface area contributed by atoms with E-state index >= 15 is 0 Å². The van der Waals surface area contributed by atoms with E-state index in [2.05, 4.69) is 11.9 Å². The summed E-state index contributed by atoms with van der Waals surface area (Å²) >= 11 is 5.89. The minimum atomic E-state index is 0.294. The molecule has 1 rings (SSSR count). The lowest BCUT2D eigenvalue weighted by atomic mass is 10.1. The fraction of sp³-hybridized carbons (Fsp3) is 1.00. The molecule has 2 nitrogen and oxygen atoms in total. The number of alkyl halides is 1. The molecule has 0 aromatic rings. The van der Waals surface area contributed by atoms with Gasteiger partial charge >= 0.3 is 0 Å². The summed E-state index contributed by atoms with van der Waals surface area (Å²) < 4.78 is 5.33. The predicted molar refractivity (Wildman–Crippen MR) is 56.4 cm³/mol. The molecule has 1 heterocycles. The molecule has 13 heavy (non-hydrogen) atoms. The number of rotatable bonds is 5. The third-order valence-corrected chi connectivity index (χ3v) is 2.72. The van der Waals surface area contributed by atoms with Crippen LogP contribution in [0, 0.1) is 5.92 Å². The molecule has 0 amide bonds. The molecule has 1 aliphatic heterocycles. The number of ether oxygens (including phenoxy) is 1. The molecule has 2 unspecified atom stereocenters. The van der Waals surface area contributed by atoms with E-state index in [1.807, 2.05) is 6.92 Å². The molecular weight excluding hydrogens is 186 g/mol. The summed E-state index contributed by atoms with van der Waals surface area (Å²) in [5.74, 6) is 0.746. The molecule has 0 aliphatic carbocycles. The third-order valence-electron chi connectivity index (χ3n) is 2.50. The van der Waals surface area contributed by atoms with E-state index in [1.54, 1.807) is 0 Å². The second-order valence-electron chi connectivity index (χ2n) is 4.06. The monoisotopic (exact) mass is 205 g/mol. The molecule has 1 aliphatic rings. The highest BCUT2D eigenvalue weighted by Gasteiger charge is 2.17. The van der Waals surface area contributed by atoms with Gasteiger partial charge in [-0.1, -0.05) is 0 Å². The Labute approximate surface area is 86.2 Å².